The standard InChI is InChI=1S/C22H24N2O2S/c1-16-13-14-20(27-16)19(26-2)15-23-22(25)24-21(17-9-5-3-6-10-17)18-11-7-4-8-12-18/h3-14,19,21H,15H2,1-2H3,(H2,23,24,25). The zero-order valence-electron chi connectivity index (χ0n) is 15.5. The van der Waals surface area contributed by atoms with Gasteiger partial charge in [-0.05, 0) is 30.2 Å². The lowest BCUT2D eigenvalue weighted by atomic mass is 9.99. The van der Waals surface area contributed by atoms with E-state index in [2.05, 4.69) is 23.6 Å². The van der Waals surface area contributed by atoms with Crippen LogP contribution in [0.3, 0.4) is 0 Å². The molecule has 0 aliphatic carbocycles. The molecule has 5 heteroatoms. The molecule has 3 aromatic rings. The normalized spacial score (nSPS) is 12.0. The maximum absolute atomic E-state index is 12.6. The Morgan fingerprint density at radius 3 is 2.04 bits per heavy atom. The van der Waals surface area contributed by atoms with Crippen molar-refractivity contribution in [3.63, 3.8) is 0 Å². The number of hydrogen-bond acceptors (Lipinski definition) is 3. The summed E-state index contributed by atoms with van der Waals surface area (Å²) >= 11 is 1.68. The average molecular weight is 381 g/mol. The second kappa shape index (κ2) is 9.35. The molecule has 2 N–H and O–H groups in total. The number of urea groups is 1. The zero-order chi connectivity index (χ0) is 19.1. The van der Waals surface area contributed by atoms with Gasteiger partial charge in [0.15, 0.2) is 0 Å². The first-order chi connectivity index (χ1) is 13.2. The summed E-state index contributed by atoms with van der Waals surface area (Å²) in [4.78, 5) is 14.9. The molecule has 0 saturated carbocycles. The number of amides is 2. The fourth-order valence-electron chi connectivity index (χ4n) is 2.94. The first-order valence-corrected chi connectivity index (χ1v) is 9.72. The van der Waals surface area contributed by atoms with Crippen LogP contribution >= 0.6 is 11.3 Å². The van der Waals surface area contributed by atoms with Crippen molar-refractivity contribution in [3.8, 4) is 0 Å². The number of ether oxygens (including phenoxy) is 1. The van der Waals surface area contributed by atoms with Crippen molar-refractivity contribution in [1.82, 2.24) is 10.6 Å². The Morgan fingerprint density at radius 1 is 0.963 bits per heavy atom. The van der Waals surface area contributed by atoms with Gasteiger partial charge in [-0.2, -0.15) is 0 Å². The second-order valence-electron chi connectivity index (χ2n) is 6.28. The van der Waals surface area contributed by atoms with Crippen molar-refractivity contribution in [1.29, 1.82) is 0 Å². The maximum atomic E-state index is 12.6. The Bertz CT molecular complexity index is 810. The molecular formula is C22H24N2O2S. The Morgan fingerprint density at radius 2 is 1.56 bits per heavy atom. The Kier molecular flexibility index (Phi) is 6.63. The Balaban J connectivity index is 1.68. The van der Waals surface area contributed by atoms with E-state index >= 15 is 0 Å². The molecule has 4 nitrogen and oxygen atoms in total. The molecule has 3 rings (SSSR count). The highest BCUT2D eigenvalue weighted by Gasteiger charge is 2.18. The van der Waals surface area contributed by atoms with Crippen LogP contribution in [0.1, 0.15) is 33.0 Å². The second-order valence-corrected chi connectivity index (χ2v) is 7.60. The minimum Gasteiger partial charge on any atom is -0.374 e. The van der Waals surface area contributed by atoms with Crippen LogP contribution in [-0.2, 0) is 4.74 Å². The minimum atomic E-state index is -0.219. The highest BCUT2D eigenvalue weighted by molar-refractivity contribution is 7.12. The van der Waals surface area contributed by atoms with Crippen LogP contribution in [0.25, 0.3) is 0 Å². The first-order valence-electron chi connectivity index (χ1n) is 8.90. The molecular weight excluding hydrogens is 356 g/mol. The molecule has 1 atom stereocenters. The van der Waals surface area contributed by atoms with E-state index < -0.39 is 0 Å². The summed E-state index contributed by atoms with van der Waals surface area (Å²) < 4.78 is 5.54. The van der Waals surface area contributed by atoms with Gasteiger partial charge in [-0.25, -0.2) is 4.79 Å². The van der Waals surface area contributed by atoms with Crippen molar-refractivity contribution < 1.29 is 9.53 Å². The molecule has 2 amide bonds. The quantitative estimate of drug-likeness (QED) is 0.617. The molecule has 0 fully saturated rings. The van der Waals surface area contributed by atoms with E-state index in [0.29, 0.717) is 6.54 Å². The van der Waals surface area contributed by atoms with Crippen molar-refractivity contribution >= 4 is 17.4 Å². The molecule has 1 unspecified atom stereocenters. The minimum absolute atomic E-state index is 0.152. The van der Waals surface area contributed by atoms with E-state index in [1.807, 2.05) is 66.7 Å². The fraction of sp³-hybridized carbons (Fsp3) is 0.227. The molecule has 0 aliphatic rings. The summed E-state index contributed by atoms with van der Waals surface area (Å²) in [5.74, 6) is 0. The van der Waals surface area contributed by atoms with Crippen LogP contribution in [0.4, 0.5) is 4.79 Å². The van der Waals surface area contributed by atoms with Crippen molar-refractivity contribution in [2.75, 3.05) is 13.7 Å². The lowest BCUT2D eigenvalue weighted by Gasteiger charge is -2.21. The van der Waals surface area contributed by atoms with Gasteiger partial charge in [0, 0.05) is 16.9 Å². The number of carbonyl (C=O) groups is 1. The number of methoxy groups -OCH3 is 1. The number of aryl methyl sites for hydroxylation is 1. The van der Waals surface area contributed by atoms with Crippen LogP contribution in [0.15, 0.2) is 72.8 Å². The molecule has 0 spiro atoms. The first kappa shape index (κ1) is 19.1. The van der Waals surface area contributed by atoms with E-state index in [-0.39, 0.29) is 18.2 Å². The van der Waals surface area contributed by atoms with Gasteiger partial charge in [-0.1, -0.05) is 60.7 Å². The topological polar surface area (TPSA) is 50.4 Å². The highest BCUT2D eigenvalue weighted by atomic mass is 32.1. The van der Waals surface area contributed by atoms with Crippen LogP contribution < -0.4 is 10.6 Å². The fourth-order valence-corrected chi connectivity index (χ4v) is 3.90. The third-order valence-electron chi connectivity index (χ3n) is 4.35. The van der Waals surface area contributed by atoms with E-state index in [9.17, 15) is 4.79 Å². The number of carbonyl (C=O) groups excluding carboxylic acids is 1. The number of thiophene rings is 1. The molecule has 0 saturated heterocycles. The third kappa shape index (κ3) is 5.18. The molecule has 0 radical (unpaired) electrons. The van der Waals surface area contributed by atoms with Crippen molar-refractivity contribution in [2.24, 2.45) is 0 Å². The summed E-state index contributed by atoms with van der Waals surface area (Å²) in [5.41, 5.74) is 2.08. The van der Waals surface area contributed by atoms with Crippen molar-refractivity contribution in [3.05, 3.63) is 93.7 Å². The van der Waals surface area contributed by atoms with Crippen LogP contribution in [0.2, 0.25) is 0 Å². The molecule has 1 heterocycles. The SMILES string of the molecule is COC(CNC(=O)NC(c1ccccc1)c1ccccc1)c1ccc(C)s1. The monoisotopic (exact) mass is 380 g/mol. The Hall–Kier alpha value is -2.63. The van der Waals surface area contributed by atoms with Gasteiger partial charge in [-0.3, -0.25) is 0 Å². The average Bonchev–Trinajstić information content (AvgIpc) is 3.14. The van der Waals surface area contributed by atoms with Crippen LogP contribution in [-0.4, -0.2) is 19.7 Å². The van der Waals surface area contributed by atoms with E-state index in [1.54, 1.807) is 18.4 Å². The predicted octanol–water partition coefficient (Wildman–Crippen LogP) is 4.83. The number of hydrogen-bond donors (Lipinski definition) is 2. The number of rotatable bonds is 7. The predicted molar refractivity (Wildman–Crippen MR) is 110 cm³/mol. The molecule has 0 aliphatic heterocycles. The van der Waals surface area contributed by atoms with E-state index in [1.165, 1.54) is 4.88 Å². The smallest absolute Gasteiger partial charge is 0.315 e. The summed E-state index contributed by atoms with van der Waals surface area (Å²) in [6.07, 6.45) is -0.152. The summed E-state index contributed by atoms with van der Waals surface area (Å²) in [6.45, 7) is 2.48. The Labute approximate surface area is 164 Å². The van der Waals surface area contributed by atoms with Crippen molar-refractivity contribution in [2.45, 2.75) is 19.1 Å². The summed E-state index contributed by atoms with van der Waals surface area (Å²) in [5, 5.41) is 6.03. The molecule has 2 aromatic carbocycles. The maximum Gasteiger partial charge on any atom is 0.315 e. The zero-order valence-corrected chi connectivity index (χ0v) is 16.3. The third-order valence-corrected chi connectivity index (χ3v) is 5.44. The highest BCUT2D eigenvalue weighted by Crippen LogP contribution is 2.25. The summed E-state index contributed by atoms with van der Waals surface area (Å²) in [6, 6.07) is 23.6. The van der Waals surface area contributed by atoms with E-state index in [0.717, 1.165) is 16.0 Å². The number of nitrogens with one attached hydrogen (secondary N) is 2. The molecule has 140 valence electrons. The molecule has 1 aromatic heterocycles. The molecule has 0 bridgehead atoms. The molecule has 27 heavy (non-hydrogen) atoms. The number of benzene rings is 2. The van der Waals surface area contributed by atoms with Gasteiger partial charge >= 0.3 is 6.03 Å². The van der Waals surface area contributed by atoms with Gasteiger partial charge in [0.1, 0.15) is 6.10 Å². The van der Waals surface area contributed by atoms with Gasteiger partial charge in [0.25, 0.3) is 0 Å². The van der Waals surface area contributed by atoms with Gasteiger partial charge in [0.05, 0.1) is 12.6 Å². The lowest BCUT2D eigenvalue weighted by molar-refractivity contribution is 0.106. The van der Waals surface area contributed by atoms with Gasteiger partial charge in [0.2, 0.25) is 0 Å². The van der Waals surface area contributed by atoms with Gasteiger partial charge < -0.3 is 15.4 Å². The summed E-state index contributed by atoms with van der Waals surface area (Å²) in [7, 11) is 1.66. The van der Waals surface area contributed by atoms with Gasteiger partial charge in [-0.15, -0.1) is 11.3 Å². The lowest BCUT2D eigenvalue weighted by Crippen LogP contribution is -2.40. The largest absolute Gasteiger partial charge is 0.374 e. The van der Waals surface area contributed by atoms with Crippen LogP contribution in [0, 0.1) is 6.92 Å². The van der Waals surface area contributed by atoms with Crippen LogP contribution in [0.5, 0.6) is 0 Å². The van der Waals surface area contributed by atoms with E-state index in [4.69, 9.17) is 4.74 Å².